The highest BCUT2D eigenvalue weighted by Crippen LogP contribution is 2.41. The molecule has 174 valence electrons. The van der Waals surface area contributed by atoms with Crippen LogP contribution in [0.2, 0.25) is 0 Å². The molecule has 0 unspecified atom stereocenters. The molecule has 2 fully saturated rings. The van der Waals surface area contributed by atoms with Gasteiger partial charge in [-0.05, 0) is 43.5 Å². The topological polar surface area (TPSA) is 47.2 Å². The molecule has 33 heavy (non-hydrogen) atoms. The van der Waals surface area contributed by atoms with E-state index < -0.39 is 34.7 Å². The van der Waals surface area contributed by atoms with Crippen molar-refractivity contribution in [2.45, 2.75) is 44.2 Å². The fourth-order valence-corrected chi connectivity index (χ4v) is 4.39. The first-order valence-electron chi connectivity index (χ1n) is 10.5. The van der Waals surface area contributed by atoms with Crippen molar-refractivity contribution in [3.05, 3.63) is 58.4 Å². The molecule has 1 amide bonds. The smallest absolute Gasteiger partial charge is 0.344 e. The summed E-state index contributed by atoms with van der Waals surface area (Å²) in [6.45, 7) is 0.972. The van der Waals surface area contributed by atoms with Crippen LogP contribution in [0.15, 0.2) is 41.5 Å². The predicted octanol–water partition coefficient (Wildman–Crippen LogP) is 4.53. The van der Waals surface area contributed by atoms with E-state index in [1.165, 1.54) is 28.7 Å². The molecule has 5 rings (SSSR count). The van der Waals surface area contributed by atoms with E-state index >= 15 is 0 Å². The number of aromatic nitrogens is 2. The molecule has 1 aliphatic heterocycles. The first-order valence-corrected chi connectivity index (χ1v) is 10.5. The summed E-state index contributed by atoms with van der Waals surface area (Å²) in [5.41, 5.74) is -2.56. The first kappa shape index (κ1) is 21.7. The monoisotopic (exact) mass is 465 g/mol. The molecule has 1 saturated heterocycles. The van der Waals surface area contributed by atoms with Crippen LogP contribution in [0, 0.1) is 5.82 Å². The molecule has 3 aromatic rings. The van der Waals surface area contributed by atoms with E-state index in [2.05, 4.69) is 0 Å². The second-order valence-electron chi connectivity index (χ2n) is 9.05. The minimum Gasteiger partial charge on any atom is -0.344 e. The van der Waals surface area contributed by atoms with Gasteiger partial charge in [-0.1, -0.05) is 6.07 Å². The number of alkyl halides is 4. The number of carbonyl (C=O) groups is 1. The third-order valence-corrected chi connectivity index (χ3v) is 6.18. The Balaban J connectivity index is 1.60. The Hall–Kier alpha value is -3.17. The molecule has 0 radical (unpaired) electrons. The minimum atomic E-state index is -4.89. The first-order chi connectivity index (χ1) is 15.4. The highest BCUT2D eigenvalue weighted by Gasteiger charge is 2.41. The highest BCUT2D eigenvalue weighted by molar-refractivity contribution is 5.96. The molecule has 1 saturated carbocycles. The molecular formula is C23H20F5N3O2. The van der Waals surface area contributed by atoms with Gasteiger partial charge in [0, 0.05) is 24.0 Å². The normalized spacial score (nSPS) is 17.9. The van der Waals surface area contributed by atoms with Gasteiger partial charge in [-0.15, -0.1) is 0 Å². The van der Waals surface area contributed by atoms with Crippen LogP contribution in [0.3, 0.4) is 0 Å². The summed E-state index contributed by atoms with van der Waals surface area (Å²) in [6, 6.07) is 4.42. The van der Waals surface area contributed by atoms with Gasteiger partial charge in [0.05, 0.1) is 29.6 Å². The van der Waals surface area contributed by atoms with Gasteiger partial charge >= 0.3 is 6.18 Å². The molecule has 5 nitrogen and oxygen atoms in total. The van der Waals surface area contributed by atoms with E-state index in [0.717, 1.165) is 18.9 Å². The second kappa shape index (κ2) is 7.16. The maximum atomic E-state index is 13.8. The number of fused-ring (bicyclic) bond motifs is 1. The van der Waals surface area contributed by atoms with E-state index in [4.69, 9.17) is 0 Å². The van der Waals surface area contributed by atoms with E-state index in [-0.39, 0.29) is 42.2 Å². The molecule has 3 heterocycles. The third kappa shape index (κ3) is 3.81. The Bertz CT molecular complexity index is 1330. The van der Waals surface area contributed by atoms with Crippen LogP contribution in [0.4, 0.5) is 22.0 Å². The summed E-state index contributed by atoms with van der Waals surface area (Å²) in [6.07, 6.45) is -0.0552. The molecule has 2 aliphatic rings. The number of halogens is 5. The lowest BCUT2D eigenvalue weighted by molar-refractivity contribution is -0.144. The lowest BCUT2D eigenvalue weighted by atomic mass is 9.99. The van der Waals surface area contributed by atoms with Crippen molar-refractivity contribution in [3.8, 4) is 11.1 Å². The number of nitrogens with zero attached hydrogens (tertiary/aromatic N) is 3. The quantitative estimate of drug-likeness (QED) is 0.532. The lowest BCUT2D eigenvalue weighted by Crippen LogP contribution is -2.60. The summed E-state index contributed by atoms with van der Waals surface area (Å²) in [7, 11) is 0. The van der Waals surface area contributed by atoms with Crippen molar-refractivity contribution in [3.63, 3.8) is 0 Å². The van der Waals surface area contributed by atoms with Crippen molar-refractivity contribution in [2.24, 2.45) is 0 Å². The van der Waals surface area contributed by atoms with Crippen LogP contribution in [0.5, 0.6) is 0 Å². The Kier molecular flexibility index (Phi) is 4.70. The van der Waals surface area contributed by atoms with E-state index in [0.29, 0.717) is 11.6 Å². The van der Waals surface area contributed by atoms with Crippen molar-refractivity contribution in [1.82, 2.24) is 14.0 Å². The standard InChI is InChI=1S/C23H20F5N3O2/c1-22(25)11-30(12-22)19(32)10-29-7-6-18-20(21(29)33)15(9-31(18)14-3-4-14)13-2-5-17(24)16(8-13)23(26,27)28/h2,5-9,14H,3-4,10-12H2,1H3. The molecule has 1 aromatic carbocycles. The van der Waals surface area contributed by atoms with Gasteiger partial charge in [0.15, 0.2) is 0 Å². The van der Waals surface area contributed by atoms with Gasteiger partial charge in [-0.25, -0.2) is 8.78 Å². The number of rotatable bonds is 4. The molecule has 1 aliphatic carbocycles. The molecule has 0 bridgehead atoms. The lowest BCUT2D eigenvalue weighted by Gasteiger charge is -2.42. The van der Waals surface area contributed by atoms with Gasteiger partial charge < -0.3 is 14.0 Å². The van der Waals surface area contributed by atoms with E-state index in [9.17, 15) is 31.5 Å². The molecular weight excluding hydrogens is 445 g/mol. The fraction of sp³-hybridized carbons (Fsp3) is 0.391. The average Bonchev–Trinajstić information content (AvgIpc) is 3.48. The van der Waals surface area contributed by atoms with Crippen LogP contribution in [-0.4, -0.2) is 38.7 Å². The fourth-order valence-electron chi connectivity index (χ4n) is 4.39. The van der Waals surface area contributed by atoms with Gasteiger partial charge in [-0.2, -0.15) is 13.2 Å². The van der Waals surface area contributed by atoms with Crippen LogP contribution in [0.1, 0.15) is 31.4 Å². The van der Waals surface area contributed by atoms with Crippen LogP contribution < -0.4 is 5.56 Å². The van der Waals surface area contributed by atoms with Crippen molar-refractivity contribution < 1.29 is 26.7 Å². The number of benzene rings is 1. The number of hydrogen-bond donors (Lipinski definition) is 0. The third-order valence-electron chi connectivity index (χ3n) is 6.18. The zero-order valence-electron chi connectivity index (χ0n) is 17.6. The summed E-state index contributed by atoms with van der Waals surface area (Å²) in [5, 5.41) is 0.163. The molecule has 2 aromatic heterocycles. The SMILES string of the molecule is CC1(F)CN(C(=O)Cn2ccc3c(c(-c4ccc(F)c(C(F)(F)F)c4)cn3C3CC3)c2=O)C1. The van der Waals surface area contributed by atoms with E-state index in [1.807, 2.05) is 4.57 Å². The minimum absolute atomic E-state index is 0.0536. The summed E-state index contributed by atoms with van der Waals surface area (Å²) < 4.78 is 70.4. The van der Waals surface area contributed by atoms with Crippen molar-refractivity contribution >= 4 is 16.8 Å². The Labute approximate surface area is 185 Å². The number of likely N-dealkylation sites (tertiary alicyclic amines) is 1. The Morgan fingerprint density at radius 3 is 2.48 bits per heavy atom. The summed E-state index contributed by atoms with van der Waals surface area (Å²) in [5.74, 6) is -1.81. The second-order valence-corrected chi connectivity index (χ2v) is 9.05. The average molecular weight is 465 g/mol. The highest BCUT2D eigenvalue weighted by atomic mass is 19.4. The van der Waals surface area contributed by atoms with Crippen molar-refractivity contribution in [2.75, 3.05) is 13.1 Å². The van der Waals surface area contributed by atoms with Crippen molar-refractivity contribution in [1.29, 1.82) is 0 Å². The largest absolute Gasteiger partial charge is 0.419 e. The number of pyridine rings is 1. The predicted molar refractivity (Wildman–Crippen MR) is 111 cm³/mol. The van der Waals surface area contributed by atoms with Crippen LogP contribution in [0.25, 0.3) is 22.0 Å². The molecule has 10 heteroatoms. The van der Waals surface area contributed by atoms with Gasteiger partial charge in [-0.3, -0.25) is 9.59 Å². The van der Waals surface area contributed by atoms with Gasteiger partial charge in [0.2, 0.25) is 5.91 Å². The molecule has 0 N–H and O–H groups in total. The maximum absolute atomic E-state index is 13.8. The van der Waals surface area contributed by atoms with Gasteiger partial charge in [0.1, 0.15) is 18.0 Å². The molecule has 0 atom stereocenters. The summed E-state index contributed by atoms with van der Waals surface area (Å²) >= 11 is 0. The zero-order chi connectivity index (χ0) is 23.7. The van der Waals surface area contributed by atoms with E-state index in [1.54, 1.807) is 12.3 Å². The van der Waals surface area contributed by atoms with Crippen LogP contribution >= 0.6 is 0 Å². The molecule has 0 spiro atoms. The van der Waals surface area contributed by atoms with Gasteiger partial charge in [0.25, 0.3) is 5.56 Å². The maximum Gasteiger partial charge on any atom is 0.419 e. The zero-order valence-corrected chi connectivity index (χ0v) is 17.6. The number of hydrogen-bond acceptors (Lipinski definition) is 2. The Morgan fingerprint density at radius 2 is 1.88 bits per heavy atom. The number of carbonyl (C=O) groups excluding carboxylic acids is 1. The number of amides is 1. The van der Waals surface area contributed by atoms with Crippen LogP contribution in [-0.2, 0) is 17.5 Å². The summed E-state index contributed by atoms with van der Waals surface area (Å²) in [4.78, 5) is 27.1. The Morgan fingerprint density at radius 1 is 1.18 bits per heavy atom.